The Kier molecular flexibility index (Phi) is 3.29. The van der Waals surface area contributed by atoms with Crippen LogP contribution in [0.4, 0.5) is 0 Å². The first-order valence-corrected chi connectivity index (χ1v) is 4.15. The third kappa shape index (κ3) is 2.66. The minimum Gasteiger partial charge on any atom is -0.481 e. The summed E-state index contributed by atoms with van der Waals surface area (Å²) in [5.74, 6) is 0.581. The van der Waals surface area contributed by atoms with E-state index in [-0.39, 0.29) is 5.38 Å². The molecule has 3 nitrogen and oxygen atoms in total. The summed E-state index contributed by atoms with van der Waals surface area (Å²) in [7, 11) is 1.58. The molecule has 0 aliphatic heterocycles. The monoisotopic (exact) mass is 186 g/mol. The van der Waals surface area contributed by atoms with Gasteiger partial charge in [-0.2, -0.15) is 0 Å². The van der Waals surface area contributed by atoms with Gasteiger partial charge in [0.15, 0.2) is 0 Å². The Labute approximate surface area is 76.7 Å². The van der Waals surface area contributed by atoms with E-state index in [0.29, 0.717) is 5.88 Å². The zero-order chi connectivity index (χ0) is 8.97. The van der Waals surface area contributed by atoms with Gasteiger partial charge in [-0.1, -0.05) is 0 Å². The second kappa shape index (κ2) is 4.26. The van der Waals surface area contributed by atoms with Crippen LogP contribution in [0.5, 0.6) is 5.88 Å². The Bertz CT molecular complexity index is 253. The number of halogens is 1. The molecule has 0 aliphatic carbocycles. The highest BCUT2D eigenvalue weighted by molar-refractivity contribution is 6.20. The summed E-state index contributed by atoms with van der Waals surface area (Å²) in [6.07, 6.45) is 2.22. The van der Waals surface area contributed by atoms with E-state index in [1.807, 2.05) is 6.92 Å². The molecule has 1 unspecified atom stereocenters. The summed E-state index contributed by atoms with van der Waals surface area (Å²) in [5.41, 5.74) is 0.907. The third-order valence-electron chi connectivity index (χ3n) is 1.40. The maximum atomic E-state index is 5.81. The third-order valence-corrected chi connectivity index (χ3v) is 1.55. The molecule has 1 aromatic rings. The van der Waals surface area contributed by atoms with Gasteiger partial charge >= 0.3 is 0 Å². The highest BCUT2D eigenvalue weighted by Crippen LogP contribution is 2.09. The zero-order valence-electron chi connectivity index (χ0n) is 7.12. The SMILES string of the molecule is COc1cc(CC(C)Cl)ncn1. The van der Waals surface area contributed by atoms with Crippen LogP contribution in [0, 0.1) is 0 Å². The van der Waals surface area contributed by atoms with E-state index in [0.717, 1.165) is 12.1 Å². The summed E-state index contributed by atoms with van der Waals surface area (Å²) >= 11 is 5.81. The first-order chi connectivity index (χ1) is 5.72. The number of hydrogen-bond acceptors (Lipinski definition) is 3. The van der Waals surface area contributed by atoms with E-state index in [1.165, 1.54) is 6.33 Å². The van der Waals surface area contributed by atoms with Crippen LogP contribution in [-0.4, -0.2) is 22.5 Å². The van der Waals surface area contributed by atoms with E-state index < -0.39 is 0 Å². The lowest BCUT2D eigenvalue weighted by Gasteiger charge is -2.03. The van der Waals surface area contributed by atoms with Crippen molar-refractivity contribution < 1.29 is 4.74 Å². The molecule has 1 heterocycles. The molecule has 1 atom stereocenters. The summed E-state index contributed by atoms with van der Waals surface area (Å²) in [5, 5.41) is 0.0876. The molecule has 0 saturated heterocycles. The van der Waals surface area contributed by atoms with Crippen LogP contribution in [-0.2, 0) is 6.42 Å². The van der Waals surface area contributed by atoms with Gasteiger partial charge in [0, 0.05) is 23.6 Å². The number of hydrogen-bond donors (Lipinski definition) is 0. The molecule has 0 saturated carbocycles. The largest absolute Gasteiger partial charge is 0.481 e. The smallest absolute Gasteiger partial charge is 0.216 e. The topological polar surface area (TPSA) is 35.0 Å². The minimum atomic E-state index is 0.0876. The number of ether oxygens (including phenoxy) is 1. The van der Waals surface area contributed by atoms with E-state index >= 15 is 0 Å². The van der Waals surface area contributed by atoms with E-state index in [9.17, 15) is 0 Å². The maximum absolute atomic E-state index is 5.81. The summed E-state index contributed by atoms with van der Waals surface area (Å²) < 4.78 is 4.94. The molecule has 0 aromatic carbocycles. The summed E-state index contributed by atoms with van der Waals surface area (Å²) in [6, 6.07) is 1.79. The van der Waals surface area contributed by atoms with Crippen molar-refractivity contribution in [3.8, 4) is 5.88 Å². The van der Waals surface area contributed by atoms with Crippen molar-refractivity contribution in [2.75, 3.05) is 7.11 Å². The van der Waals surface area contributed by atoms with Crippen molar-refractivity contribution in [2.45, 2.75) is 18.7 Å². The molecule has 0 aliphatic rings. The summed E-state index contributed by atoms with van der Waals surface area (Å²) in [6.45, 7) is 1.93. The average molecular weight is 187 g/mol. The number of aromatic nitrogens is 2. The molecular weight excluding hydrogens is 176 g/mol. The first kappa shape index (κ1) is 9.26. The van der Waals surface area contributed by atoms with Crippen LogP contribution in [0.3, 0.4) is 0 Å². The fourth-order valence-corrected chi connectivity index (χ4v) is 1.05. The van der Waals surface area contributed by atoms with Crippen LogP contribution >= 0.6 is 11.6 Å². The van der Waals surface area contributed by atoms with Gasteiger partial charge in [-0.25, -0.2) is 9.97 Å². The first-order valence-electron chi connectivity index (χ1n) is 3.71. The Morgan fingerprint density at radius 2 is 2.33 bits per heavy atom. The molecule has 0 N–H and O–H groups in total. The van der Waals surface area contributed by atoms with Gasteiger partial charge in [0.2, 0.25) is 5.88 Å². The van der Waals surface area contributed by atoms with Gasteiger partial charge in [0.25, 0.3) is 0 Å². The highest BCUT2D eigenvalue weighted by atomic mass is 35.5. The Morgan fingerprint density at radius 3 is 2.92 bits per heavy atom. The van der Waals surface area contributed by atoms with E-state index in [1.54, 1.807) is 13.2 Å². The van der Waals surface area contributed by atoms with Crippen LogP contribution in [0.2, 0.25) is 0 Å². The number of rotatable bonds is 3. The lowest BCUT2D eigenvalue weighted by Crippen LogP contribution is -2.00. The fourth-order valence-electron chi connectivity index (χ4n) is 0.888. The standard InChI is InChI=1S/C8H11ClN2O/c1-6(9)3-7-4-8(12-2)11-5-10-7/h4-6H,3H2,1-2H3. The lowest BCUT2D eigenvalue weighted by molar-refractivity contribution is 0.396. The predicted octanol–water partition coefficient (Wildman–Crippen LogP) is 1.65. The number of alkyl halides is 1. The van der Waals surface area contributed by atoms with Crippen molar-refractivity contribution in [2.24, 2.45) is 0 Å². The van der Waals surface area contributed by atoms with Crippen molar-refractivity contribution in [3.05, 3.63) is 18.1 Å². The van der Waals surface area contributed by atoms with Crippen LogP contribution < -0.4 is 4.74 Å². The van der Waals surface area contributed by atoms with Gasteiger partial charge in [0.1, 0.15) is 6.33 Å². The quantitative estimate of drug-likeness (QED) is 0.674. The van der Waals surface area contributed by atoms with Gasteiger partial charge in [-0.05, 0) is 6.92 Å². The van der Waals surface area contributed by atoms with Crippen molar-refractivity contribution in [3.63, 3.8) is 0 Å². The number of nitrogens with zero attached hydrogens (tertiary/aromatic N) is 2. The molecule has 1 aromatic heterocycles. The second-order valence-corrected chi connectivity index (χ2v) is 3.28. The molecule has 0 spiro atoms. The molecule has 0 radical (unpaired) electrons. The molecule has 0 bridgehead atoms. The predicted molar refractivity (Wildman–Crippen MR) is 47.6 cm³/mol. The Hall–Kier alpha value is -0.830. The molecular formula is C8H11ClN2O. The Balaban J connectivity index is 2.72. The highest BCUT2D eigenvalue weighted by Gasteiger charge is 2.02. The van der Waals surface area contributed by atoms with Gasteiger partial charge < -0.3 is 4.74 Å². The molecule has 12 heavy (non-hydrogen) atoms. The van der Waals surface area contributed by atoms with E-state index in [4.69, 9.17) is 16.3 Å². The van der Waals surface area contributed by atoms with Crippen LogP contribution in [0.1, 0.15) is 12.6 Å². The van der Waals surface area contributed by atoms with Gasteiger partial charge in [-0.3, -0.25) is 0 Å². The second-order valence-electron chi connectivity index (χ2n) is 2.54. The zero-order valence-corrected chi connectivity index (χ0v) is 7.88. The Morgan fingerprint density at radius 1 is 1.58 bits per heavy atom. The van der Waals surface area contributed by atoms with Crippen molar-refractivity contribution in [1.82, 2.24) is 9.97 Å². The minimum absolute atomic E-state index is 0.0876. The lowest BCUT2D eigenvalue weighted by atomic mass is 10.2. The van der Waals surface area contributed by atoms with Crippen LogP contribution in [0.25, 0.3) is 0 Å². The van der Waals surface area contributed by atoms with Gasteiger partial charge in [-0.15, -0.1) is 11.6 Å². The summed E-state index contributed by atoms with van der Waals surface area (Å²) in [4.78, 5) is 7.94. The van der Waals surface area contributed by atoms with Crippen molar-refractivity contribution in [1.29, 1.82) is 0 Å². The average Bonchev–Trinajstić information content (AvgIpc) is 2.03. The maximum Gasteiger partial charge on any atom is 0.216 e. The van der Waals surface area contributed by atoms with E-state index in [2.05, 4.69) is 9.97 Å². The fraction of sp³-hybridized carbons (Fsp3) is 0.500. The molecule has 0 fully saturated rings. The van der Waals surface area contributed by atoms with Gasteiger partial charge in [0.05, 0.1) is 7.11 Å². The molecule has 0 amide bonds. The number of methoxy groups -OCH3 is 1. The molecule has 4 heteroatoms. The van der Waals surface area contributed by atoms with Crippen LogP contribution in [0.15, 0.2) is 12.4 Å². The molecule has 66 valence electrons. The van der Waals surface area contributed by atoms with Crippen molar-refractivity contribution >= 4 is 11.6 Å². The molecule has 1 rings (SSSR count). The normalized spacial score (nSPS) is 12.6.